The second kappa shape index (κ2) is 4.31. The van der Waals surface area contributed by atoms with Crippen molar-refractivity contribution in [2.45, 2.75) is 20.3 Å². The second-order valence-electron chi connectivity index (χ2n) is 3.79. The van der Waals surface area contributed by atoms with Crippen LogP contribution in [0.2, 0.25) is 0 Å². The average Bonchev–Trinajstić information content (AvgIpc) is 2.29. The van der Waals surface area contributed by atoms with Crippen LogP contribution in [-0.2, 0) is 6.42 Å². The molecular formula is C15H16. The summed E-state index contributed by atoms with van der Waals surface area (Å²) in [5, 5.41) is 2.66. The number of fused-ring (bicyclic) bond motifs is 1. The van der Waals surface area contributed by atoms with Gasteiger partial charge in [0.15, 0.2) is 0 Å². The number of hydrogen-bond donors (Lipinski definition) is 0. The first-order chi connectivity index (χ1) is 7.33. The van der Waals surface area contributed by atoms with Crippen LogP contribution in [0.5, 0.6) is 0 Å². The largest absolute Gasteiger partial charge is 0.0871 e. The fraction of sp³-hybridized carbons (Fsp3) is 0.200. The van der Waals surface area contributed by atoms with Crippen molar-refractivity contribution in [3.63, 3.8) is 0 Å². The maximum atomic E-state index is 2.27. The van der Waals surface area contributed by atoms with E-state index in [1.807, 2.05) is 6.92 Å². The van der Waals surface area contributed by atoms with Crippen LogP contribution < -0.4 is 0 Å². The minimum absolute atomic E-state index is 1.10. The molecule has 0 heteroatoms. The van der Waals surface area contributed by atoms with Crippen LogP contribution in [0, 0.1) is 0 Å². The highest BCUT2D eigenvalue weighted by atomic mass is 14.0. The van der Waals surface area contributed by atoms with Crippen molar-refractivity contribution < 1.29 is 0 Å². The fourth-order valence-electron chi connectivity index (χ4n) is 1.83. The van der Waals surface area contributed by atoms with E-state index in [1.165, 1.54) is 21.9 Å². The molecule has 0 aliphatic rings. The molecule has 0 aliphatic heterocycles. The van der Waals surface area contributed by atoms with E-state index in [0.717, 1.165) is 6.42 Å². The van der Waals surface area contributed by atoms with Gasteiger partial charge in [-0.1, -0.05) is 49.4 Å². The highest BCUT2D eigenvalue weighted by molar-refractivity contribution is 5.85. The molecule has 0 N–H and O–H groups in total. The van der Waals surface area contributed by atoms with E-state index in [4.69, 9.17) is 0 Å². The van der Waals surface area contributed by atoms with Crippen molar-refractivity contribution in [2.75, 3.05) is 0 Å². The minimum Gasteiger partial charge on any atom is -0.0871 e. The van der Waals surface area contributed by atoms with Crippen LogP contribution in [0.15, 0.2) is 42.5 Å². The zero-order valence-electron chi connectivity index (χ0n) is 9.33. The van der Waals surface area contributed by atoms with E-state index in [2.05, 4.69) is 55.5 Å². The summed E-state index contributed by atoms with van der Waals surface area (Å²) in [7, 11) is 0. The van der Waals surface area contributed by atoms with Crippen molar-refractivity contribution in [1.82, 2.24) is 0 Å². The van der Waals surface area contributed by atoms with E-state index in [9.17, 15) is 0 Å². The molecular weight excluding hydrogens is 180 g/mol. The van der Waals surface area contributed by atoms with Crippen LogP contribution in [0.25, 0.3) is 16.8 Å². The monoisotopic (exact) mass is 196 g/mol. The normalized spacial score (nSPS) is 11.3. The highest BCUT2D eigenvalue weighted by Crippen LogP contribution is 2.19. The van der Waals surface area contributed by atoms with Crippen LogP contribution in [0.4, 0.5) is 0 Å². The molecule has 0 bridgehead atoms. The van der Waals surface area contributed by atoms with Crippen LogP contribution in [0.3, 0.4) is 0 Å². The quantitative estimate of drug-likeness (QED) is 0.666. The summed E-state index contributed by atoms with van der Waals surface area (Å²) in [5.41, 5.74) is 2.68. The summed E-state index contributed by atoms with van der Waals surface area (Å²) in [6.45, 7) is 4.24. The second-order valence-corrected chi connectivity index (χ2v) is 3.79. The lowest BCUT2D eigenvalue weighted by Gasteiger charge is -2.02. The third-order valence-corrected chi connectivity index (χ3v) is 2.70. The van der Waals surface area contributed by atoms with Gasteiger partial charge in [0.25, 0.3) is 0 Å². The molecule has 0 saturated heterocycles. The molecule has 0 nitrogen and oxygen atoms in total. The molecule has 0 aromatic heterocycles. The van der Waals surface area contributed by atoms with E-state index >= 15 is 0 Å². The minimum atomic E-state index is 1.10. The Balaban J connectivity index is 2.54. The smallest absolute Gasteiger partial charge is 0.0178 e. The van der Waals surface area contributed by atoms with Crippen LogP contribution in [-0.4, -0.2) is 0 Å². The predicted octanol–water partition coefficient (Wildman–Crippen LogP) is 4.44. The van der Waals surface area contributed by atoms with Crippen molar-refractivity contribution >= 4 is 16.8 Å². The molecule has 0 aliphatic carbocycles. The predicted molar refractivity (Wildman–Crippen MR) is 68.0 cm³/mol. The number of rotatable bonds is 2. The Hall–Kier alpha value is -1.56. The van der Waals surface area contributed by atoms with E-state index in [0.29, 0.717) is 0 Å². The molecule has 0 amide bonds. The van der Waals surface area contributed by atoms with Gasteiger partial charge in [0.05, 0.1) is 0 Å². The number of benzene rings is 2. The van der Waals surface area contributed by atoms with Gasteiger partial charge in [-0.25, -0.2) is 0 Å². The fourth-order valence-corrected chi connectivity index (χ4v) is 1.83. The zero-order valence-corrected chi connectivity index (χ0v) is 9.33. The number of aryl methyl sites for hydroxylation is 1. The van der Waals surface area contributed by atoms with Crippen LogP contribution in [0.1, 0.15) is 25.0 Å². The molecule has 0 atom stereocenters. The molecule has 2 aromatic carbocycles. The summed E-state index contributed by atoms with van der Waals surface area (Å²) in [5.74, 6) is 0. The van der Waals surface area contributed by atoms with Gasteiger partial charge in [-0.05, 0) is 41.3 Å². The molecule has 0 radical (unpaired) electrons. The molecule has 0 fully saturated rings. The van der Waals surface area contributed by atoms with Crippen molar-refractivity contribution in [2.24, 2.45) is 0 Å². The Labute approximate surface area is 91.2 Å². The van der Waals surface area contributed by atoms with Gasteiger partial charge in [0, 0.05) is 0 Å². The zero-order chi connectivity index (χ0) is 10.7. The average molecular weight is 196 g/mol. The molecule has 2 rings (SSSR count). The number of allylic oxidation sites excluding steroid dienone is 1. The Morgan fingerprint density at radius 3 is 2.47 bits per heavy atom. The first kappa shape index (κ1) is 9.97. The van der Waals surface area contributed by atoms with Crippen molar-refractivity contribution in [1.29, 1.82) is 0 Å². The maximum absolute atomic E-state index is 2.27. The molecule has 0 unspecified atom stereocenters. The Kier molecular flexibility index (Phi) is 2.86. The van der Waals surface area contributed by atoms with Gasteiger partial charge in [-0.3, -0.25) is 0 Å². The Morgan fingerprint density at radius 1 is 1.00 bits per heavy atom. The highest BCUT2D eigenvalue weighted by Gasteiger charge is 1.95. The van der Waals surface area contributed by atoms with Crippen LogP contribution >= 0.6 is 0 Å². The first-order valence-corrected chi connectivity index (χ1v) is 5.49. The lowest BCUT2D eigenvalue weighted by atomic mass is 10.0. The summed E-state index contributed by atoms with van der Waals surface area (Å²) in [6.07, 6.45) is 5.31. The number of hydrogen-bond acceptors (Lipinski definition) is 0. The molecule has 0 heterocycles. The third-order valence-electron chi connectivity index (χ3n) is 2.70. The summed E-state index contributed by atoms with van der Waals surface area (Å²) >= 11 is 0. The SMILES string of the molecule is C/C=C/c1ccc2cc(CC)ccc2c1. The molecule has 2 aromatic rings. The molecule has 0 saturated carbocycles. The summed E-state index contributed by atoms with van der Waals surface area (Å²) in [4.78, 5) is 0. The summed E-state index contributed by atoms with van der Waals surface area (Å²) < 4.78 is 0. The lowest BCUT2D eigenvalue weighted by Crippen LogP contribution is -1.81. The van der Waals surface area contributed by atoms with Gasteiger partial charge in [-0.15, -0.1) is 0 Å². The molecule has 15 heavy (non-hydrogen) atoms. The van der Waals surface area contributed by atoms with E-state index < -0.39 is 0 Å². The first-order valence-electron chi connectivity index (χ1n) is 5.49. The molecule has 76 valence electrons. The Morgan fingerprint density at radius 2 is 1.73 bits per heavy atom. The lowest BCUT2D eigenvalue weighted by molar-refractivity contribution is 1.15. The molecule has 0 spiro atoms. The van der Waals surface area contributed by atoms with E-state index in [1.54, 1.807) is 0 Å². The van der Waals surface area contributed by atoms with E-state index in [-0.39, 0.29) is 0 Å². The van der Waals surface area contributed by atoms with Gasteiger partial charge in [0.1, 0.15) is 0 Å². The van der Waals surface area contributed by atoms with Crippen molar-refractivity contribution in [3.8, 4) is 0 Å². The van der Waals surface area contributed by atoms with Gasteiger partial charge in [0.2, 0.25) is 0 Å². The third kappa shape index (κ3) is 2.10. The van der Waals surface area contributed by atoms with Crippen molar-refractivity contribution in [3.05, 3.63) is 53.6 Å². The maximum Gasteiger partial charge on any atom is -0.0178 e. The standard InChI is InChI=1S/C15H16/c1-3-5-13-7-9-14-10-12(4-2)6-8-15(14)11-13/h3,5-11H,4H2,1-2H3/b5-3+. The summed E-state index contributed by atoms with van der Waals surface area (Å²) in [6, 6.07) is 13.3. The van der Waals surface area contributed by atoms with Gasteiger partial charge < -0.3 is 0 Å². The van der Waals surface area contributed by atoms with Gasteiger partial charge in [-0.2, -0.15) is 0 Å². The Bertz CT molecular complexity index is 492. The van der Waals surface area contributed by atoms with Gasteiger partial charge >= 0.3 is 0 Å². The topological polar surface area (TPSA) is 0 Å².